The smallest absolute Gasteiger partial charge is 0.260 e. The lowest BCUT2D eigenvalue weighted by molar-refractivity contribution is -0.136. The third kappa shape index (κ3) is 3.64. The molecule has 1 amide bonds. The number of rotatable bonds is 3. The number of benzene rings is 1. The van der Waals surface area contributed by atoms with E-state index in [-0.39, 0.29) is 24.8 Å². The van der Waals surface area contributed by atoms with Gasteiger partial charge in [-0.3, -0.25) is 4.79 Å². The standard InChI is InChI=1S/C13H15F2NO3/c14-9-3-4-12(11(15)6-9)19-8-13(18)16-5-1-2-10(17)7-16/h3-4,6,10,17H,1-2,5,7-8H2. The fraction of sp³-hybridized carbons (Fsp3) is 0.462. The third-order valence-corrected chi connectivity index (χ3v) is 2.99. The molecule has 0 radical (unpaired) electrons. The Bertz CT molecular complexity index is 467. The largest absolute Gasteiger partial charge is 0.481 e. The molecule has 0 saturated carbocycles. The van der Waals surface area contributed by atoms with Gasteiger partial charge in [-0.15, -0.1) is 0 Å². The number of likely N-dealkylation sites (tertiary alicyclic amines) is 1. The molecule has 6 heteroatoms. The summed E-state index contributed by atoms with van der Waals surface area (Å²) in [5.41, 5.74) is 0. The van der Waals surface area contributed by atoms with Gasteiger partial charge in [-0.05, 0) is 25.0 Å². The van der Waals surface area contributed by atoms with Gasteiger partial charge in [-0.2, -0.15) is 0 Å². The van der Waals surface area contributed by atoms with Crippen LogP contribution >= 0.6 is 0 Å². The Balaban J connectivity index is 1.89. The number of hydrogen-bond donors (Lipinski definition) is 1. The summed E-state index contributed by atoms with van der Waals surface area (Å²) >= 11 is 0. The summed E-state index contributed by atoms with van der Waals surface area (Å²) < 4.78 is 31.0. The predicted octanol–water partition coefficient (Wildman–Crippen LogP) is 1.33. The molecule has 104 valence electrons. The van der Waals surface area contributed by atoms with E-state index in [0.717, 1.165) is 18.6 Å². The summed E-state index contributed by atoms with van der Waals surface area (Å²) in [6, 6.07) is 2.90. The zero-order valence-corrected chi connectivity index (χ0v) is 10.3. The highest BCUT2D eigenvalue weighted by molar-refractivity contribution is 5.77. The van der Waals surface area contributed by atoms with Crippen molar-refractivity contribution in [2.24, 2.45) is 0 Å². The first-order valence-electron chi connectivity index (χ1n) is 6.10. The maximum absolute atomic E-state index is 13.3. The van der Waals surface area contributed by atoms with Crippen LogP contribution in [0.3, 0.4) is 0 Å². The van der Waals surface area contributed by atoms with E-state index in [1.165, 1.54) is 4.90 Å². The zero-order chi connectivity index (χ0) is 13.8. The van der Waals surface area contributed by atoms with Gasteiger partial charge in [0, 0.05) is 19.2 Å². The van der Waals surface area contributed by atoms with Crippen molar-refractivity contribution in [3.63, 3.8) is 0 Å². The number of carbonyl (C=O) groups is 1. The van der Waals surface area contributed by atoms with Crippen LogP contribution in [0.1, 0.15) is 12.8 Å². The molecule has 19 heavy (non-hydrogen) atoms. The molecule has 0 aromatic heterocycles. The van der Waals surface area contributed by atoms with E-state index in [2.05, 4.69) is 0 Å². The summed E-state index contributed by atoms with van der Waals surface area (Å²) in [6.45, 7) is 0.508. The number of β-amino-alcohol motifs (C(OH)–C–C–N with tert-alkyl or cyclic N) is 1. The first-order chi connectivity index (χ1) is 9.06. The average Bonchev–Trinajstić information content (AvgIpc) is 2.37. The van der Waals surface area contributed by atoms with Crippen molar-refractivity contribution in [3.8, 4) is 5.75 Å². The number of aliphatic hydroxyl groups is 1. The van der Waals surface area contributed by atoms with Crippen LogP contribution in [0.5, 0.6) is 5.75 Å². The van der Waals surface area contributed by atoms with E-state index >= 15 is 0 Å². The van der Waals surface area contributed by atoms with Crippen molar-refractivity contribution in [1.29, 1.82) is 0 Å². The predicted molar refractivity (Wildman–Crippen MR) is 63.7 cm³/mol. The van der Waals surface area contributed by atoms with E-state index in [9.17, 15) is 18.7 Å². The van der Waals surface area contributed by atoms with E-state index in [0.29, 0.717) is 19.0 Å². The fourth-order valence-corrected chi connectivity index (χ4v) is 2.00. The maximum atomic E-state index is 13.3. The van der Waals surface area contributed by atoms with E-state index < -0.39 is 17.7 Å². The monoisotopic (exact) mass is 271 g/mol. The number of aliphatic hydroxyl groups excluding tert-OH is 1. The van der Waals surface area contributed by atoms with Crippen LogP contribution < -0.4 is 4.74 Å². The van der Waals surface area contributed by atoms with Crippen LogP contribution in [0, 0.1) is 11.6 Å². The molecule has 1 aliphatic rings. The molecule has 1 aliphatic heterocycles. The molecule has 1 atom stereocenters. The fourth-order valence-electron chi connectivity index (χ4n) is 2.00. The molecule has 1 aromatic carbocycles. The van der Waals surface area contributed by atoms with Crippen LogP contribution in [0.4, 0.5) is 8.78 Å². The number of nitrogens with zero attached hydrogens (tertiary/aromatic N) is 1. The molecule has 1 unspecified atom stereocenters. The van der Waals surface area contributed by atoms with Gasteiger partial charge in [0.2, 0.25) is 0 Å². The van der Waals surface area contributed by atoms with Gasteiger partial charge in [0.25, 0.3) is 5.91 Å². The van der Waals surface area contributed by atoms with Crippen LogP contribution in [-0.2, 0) is 4.79 Å². The summed E-state index contributed by atoms with van der Waals surface area (Å²) in [7, 11) is 0. The van der Waals surface area contributed by atoms with Crippen molar-refractivity contribution < 1.29 is 23.4 Å². The Morgan fingerprint density at radius 1 is 1.47 bits per heavy atom. The second-order valence-corrected chi connectivity index (χ2v) is 4.50. The molecular formula is C13H15F2NO3. The number of ether oxygens (including phenoxy) is 1. The van der Waals surface area contributed by atoms with Crippen molar-refractivity contribution in [3.05, 3.63) is 29.8 Å². The maximum Gasteiger partial charge on any atom is 0.260 e. The minimum absolute atomic E-state index is 0.160. The molecule has 1 aromatic rings. The molecule has 4 nitrogen and oxygen atoms in total. The Morgan fingerprint density at radius 2 is 2.26 bits per heavy atom. The first-order valence-corrected chi connectivity index (χ1v) is 6.10. The highest BCUT2D eigenvalue weighted by Crippen LogP contribution is 2.18. The normalized spacial score (nSPS) is 19.3. The van der Waals surface area contributed by atoms with Crippen molar-refractivity contribution in [2.45, 2.75) is 18.9 Å². The third-order valence-electron chi connectivity index (χ3n) is 2.99. The summed E-state index contributed by atoms with van der Waals surface area (Å²) in [5, 5.41) is 9.45. The lowest BCUT2D eigenvalue weighted by Crippen LogP contribution is -2.44. The Hall–Kier alpha value is -1.69. The number of hydrogen-bond acceptors (Lipinski definition) is 3. The summed E-state index contributed by atoms with van der Waals surface area (Å²) in [4.78, 5) is 13.3. The number of carbonyl (C=O) groups excluding carboxylic acids is 1. The van der Waals surface area contributed by atoms with E-state index in [1.807, 2.05) is 0 Å². The average molecular weight is 271 g/mol. The highest BCUT2D eigenvalue weighted by Gasteiger charge is 2.22. The molecule has 1 saturated heterocycles. The molecule has 0 aliphatic carbocycles. The Labute approximate surface area is 109 Å². The summed E-state index contributed by atoms with van der Waals surface area (Å²) in [6.07, 6.45) is 0.898. The minimum atomic E-state index is -0.841. The second-order valence-electron chi connectivity index (χ2n) is 4.50. The Morgan fingerprint density at radius 3 is 2.95 bits per heavy atom. The summed E-state index contributed by atoms with van der Waals surface area (Å²) in [5.74, 6) is -2.02. The van der Waals surface area contributed by atoms with Gasteiger partial charge in [-0.25, -0.2) is 8.78 Å². The Kier molecular flexibility index (Phi) is 4.31. The molecule has 0 spiro atoms. The highest BCUT2D eigenvalue weighted by atomic mass is 19.1. The number of amides is 1. The van der Waals surface area contributed by atoms with Gasteiger partial charge in [0.1, 0.15) is 5.82 Å². The zero-order valence-electron chi connectivity index (χ0n) is 10.3. The minimum Gasteiger partial charge on any atom is -0.481 e. The lowest BCUT2D eigenvalue weighted by Gasteiger charge is -2.30. The van der Waals surface area contributed by atoms with Crippen LogP contribution in [0.2, 0.25) is 0 Å². The van der Waals surface area contributed by atoms with Gasteiger partial charge >= 0.3 is 0 Å². The quantitative estimate of drug-likeness (QED) is 0.902. The van der Waals surface area contributed by atoms with Crippen molar-refractivity contribution in [2.75, 3.05) is 19.7 Å². The SMILES string of the molecule is O=C(COc1ccc(F)cc1F)N1CCCC(O)C1. The van der Waals surface area contributed by atoms with Crippen molar-refractivity contribution >= 4 is 5.91 Å². The van der Waals surface area contributed by atoms with E-state index in [4.69, 9.17) is 4.74 Å². The molecule has 0 bridgehead atoms. The first kappa shape index (κ1) is 13.7. The molecule has 2 rings (SSSR count). The topological polar surface area (TPSA) is 49.8 Å². The second kappa shape index (κ2) is 5.97. The van der Waals surface area contributed by atoms with Crippen LogP contribution in [-0.4, -0.2) is 41.7 Å². The van der Waals surface area contributed by atoms with Gasteiger partial charge in [-0.1, -0.05) is 0 Å². The van der Waals surface area contributed by atoms with Gasteiger partial charge < -0.3 is 14.7 Å². The molecule has 1 heterocycles. The number of piperidine rings is 1. The molecule has 1 fully saturated rings. The van der Waals surface area contributed by atoms with Crippen LogP contribution in [0.15, 0.2) is 18.2 Å². The molecule has 1 N–H and O–H groups in total. The number of halogens is 2. The van der Waals surface area contributed by atoms with Gasteiger partial charge in [0.15, 0.2) is 18.2 Å². The van der Waals surface area contributed by atoms with Crippen LogP contribution in [0.25, 0.3) is 0 Å². The van der Waals surface area contributed by atoms with Crippen molar-refractivity contribution in [1.82, 2.24) is 4.90 Å². The lowest BCUT2D eigenvalue weighted by atomic mass is 10.1. The molecular weight excluding hydrogens is 256 g/mol. The van der Waals surface area contributed by atoms with Gasteiger partial charge in [0.05, 0.1) is 6.10 Å². The van der Waals surface area contributed by atoms with E-state index in [1.54, 1.807) is 0 Å².